The quantitative estimate of drug-likeness (QED) is 0.503. The summed E-state index contributed by atoms with van der Waals surface area (Å²) in [6.07, 6.45) is 3.45. The van der Waals surface area contributed by atoms with Crippen LogP contribution in [-0.2, 0) is 0 Å². The molecule has 27 heavy (non-hydrogen) atoms. The van der Waals surface area contributed by atoms with Gasteiger partial charge in [-0.05, 0) is 36.6 Å². The highest BCUT2D eigenvalue weighted by molar-refractivity contribution is 7.98. The zero-order chi connectivity index (χ0) is 18.2. The predicted molar refractivity (Wildman–Crippen MR) is 103 cm³/mol. The van der Waals surface area contributed by atoms with Crippen LogP contribution in [0.1, 0.15) is 11.9 Å². The van der Waals surface area contributed by atoms with Crippen LogP contribution in [0.3, 0.4) is 0 Å². The number of fused-ring (bicyclic) bond motifs is 2. The standard InChI is InChI=1S/C20H16N4O2S/c1-27-14-8-6-13(7-9-14)15-10-11-21-20-22-19(23-24(15)20)18-12-25-16-4-2-3-5-17(16)26-18/h2-11,18H,12H2,1H3/t18-/m0/s1. The van der Waals surface area contributed by atoms with Crippen LogP contribution >= 0.6 is 11.8 Å². The van der Waals surface area contributed by atoms with Crippen LogP contribution in [0.5, 0.6) is 11.5 Å². The lowest BCUT2D eigenvalue weighted by Crippen LogP contribution is -2.22. The third-order valence-corrected chi connectivity index (χ3v) is 5.18. The number of hydrogen-bond acceptors (Lipinski definition) is 6. The van der Waals surface area contributed by atoms with Crippen LogP contribution in [0, 0.1) is 0 Å². The molecule has 0 N–H and O–H groups in total. The van der Waals surface area contributed by atoms with E-state index >= 15 is 0 Å². The van der Waals surface area contributed by atoms with E-state index < -0.39 is 0 Å². The molecule has 0 saturated carbocycles. The Morgan fingerprint density at radius 1 is 1.04 bits per heavy atom. The first-order chi connectivity index (χ1) is 13.3. The van der Waals surface area contributed by atoms with Gasteiger partial charge >= 0.3 is 0 Å². The van der Waals surface area contributed by atoms with E-state index in [2.05, 4.69) is 45.6 Å². The average molecular weight is 376 g/mol. The number of thioether (sulfide) groups is 1. The predicted octanol–water partition coefficient (Wildman–Crippen LogP) is 4.03. The lowest BCUT2D eigenvalue weighted by Gasteiger charge is -2.24. The Morgan fingerprint density at radius 2 is 1.85 bits per heavy atom. The van der Waals surface area contributed by atoms with Gasteiger partial charge in [-0.2, -0.15) is 9.50 Å². The highest BCUT2D eigenvalue weighted by Crippen LogP contribution is 2.35. The molecule has 0 fully saturated rings. The summed E-state index contributed by atoms with van der Waals surface area (Å²) in [5.41, 5.74) is 1.99. The van der Waals surface area contributed by atoms with Gasteiger partial charge in [0.1, 0.15) is 6.61 Å². The van der Waals surface area contributed by atoms with Gasteiger partial charge in [0.15, 0.2) is 23.4 Å². The van der Waals surface area contributed by atoms with Crippen LogP contribution in [0.2, 0.25) is 0 Å². The molecule has 0 radical (unpaired) electrons. The van der Waals surface area contributed by atoms with Gasteiger partial charge in [-0.25, -0.2) is 4.98 Å². The second-order valence-corrected chi connectivity index (χ2v) is 6.98. The molecule has 2 aromatic carbocycles. The normalized spacial score (nSPS) is 15.8. The largest absolute Gasteiger partial charge is 0.485 e. The van der Waals surface area contributed by atoms with E-state index in [4.69, 9.17) is 9.47 Å². The second-order valence-electron chi connectivity index (χ2n) is 6.10. The summed E-state index contributed by atoms with van der Waals surface area (Å²) >= 11 is 1.72. The van der Waals surface area contributed by atoms with Crippen LogP contribution in [0.25, 0.3) is 17.0 Å². The molecule has 0 aliphatic carbocycles. The lowest BCUT2D eigenvalue weighted by molar-refractivity contribution is 0.0852. The number of rotatable bonds is 3. The van der Waals surface area contributed by atoms with E-state index in [-0.39, 0.29) is 6.10 Å². The second kappa shape index (κ2) is 6.59. The smallest absolute Gasteiger partial charge is 0.253 e. The SMILES string of the molecule is CSc1ccc(-c2ccnc3nc([C@@H]4COc5ccccc5O4)nn23)cc1. The van der Waals surface area contributed by atoms with Gasteiger partial charge in [0, 0.05) is 16.7 Å². The number of aromatic nitrogens is 4. The van der Waals surface area contributed by atoms with Crippen molar-refractivity contribution >= 4 is 17.5 Å². The van der Waals surface area contributed by atoms with Gasteiger partial charge in [0.2, 0.25) is 0 Å². The molecule has 5 rings (SSSR count). The van der Waals surface area contributed by atoms with E-state index in [1.165, 1.54) is 4.90 Å². The number of benzene rings is 2. The van der Waals surface area contributed by atoms with Crippen molar-refractivity contribution in [3.63, 3.8) is 0 Å². The molecular weight excluding hydrogens is 360 g/mol. The number of para-hydroxylation sites is 2. The van der Waals surface area contributed by atoms with Crippen molar-refractivity contribution in [1.82, 2.24) is 19.6 Å². The first kappa shape index (κ1) is 16.1. The van der Waals surface area contributed by atoms with Crippen molar-refractivity contribution in [2.45, 2.75) is 11.0 Å². The van der Waals surface area contributed by atoms with Gasteiger partial charge in [0.05, 0.1) is 5.69 Å². The fraction of sp³-hybridized carbons (Fsp3) is 0.150. The van der Waals surface area contributed by atoms with Gasteiger partial charge < -0.3 is 9.47 Å². The third-order valence-electron chi connectivity index (χ3n) is 4.44. The summed E-state index contributed by atoms with van der Waals surface area (Å²) in [7, 11) is 0. The molecular formula is C20H16N4O2S. The van der Waals surface area contributed by atoms with Gasteiger partial charge in [-0.15, -0.1) is 16.9 Å². The van der Waals surface area contributed by atoms with Crippen molar-refractivity contribution in [1.29, 1.82) is 0 Å². The van der Waals surface area contributed by atoms with Gasteiger partial charge in [0.25, 0.3) is 5.78 Å². The molecule has 7 heteroatoms. The summed E-state index contributed by atoms with van der Waals surface area (Å²) < 4.78 is 13.6. The van der Waals surface area contributed by atoms with Crippen molar-refractivity contribution in [3.8, 4) is 22.8 Å². The summed E-state index contributed by atoms with van der Waals surface area (Å²) in [5.74, 6) is 2.54. The first-order valence-corrected chi connectivity index (χ1v) is 9.79. The van der Waals surface area contributed by atoms with E-state index in [0.717, 1.165) is 17.0 Å². The van der Waals surface area contributed by atoms with Crippen LogP contribution < -0.4 is 9.47 Å². The number of hydrogen-bond donors (Lipinski definition) is 0. The van der Waals surface area contributed by atoms with Crippen molar-refractivity contribution in [2.75, 3.05) is 12.9 Å². The molecule has 134 valence electrons. The first-order valence-electron chi connectivity index (χ1n) is 8.56. The van der Waals surface area contributed by atoms with E-state index in [9.17, 15) is 0 Å². The molecule has 0 unspecified atom stereocenters. The molecule has 1 aliphatic heterocycles. The molecule has 6 nitrogen and oxygen atoms in total. The summed E-state index contributed by atoms with van der Waals surface area (Å²) in [6.45, 7) is 0.367. The Balaban J connectivity index is 1.52. The van der Waals surface area contributed by atoms with E-state index in [1.54, 1.807) is 22.5 Å². The molecule has 1 aliphatic rings. The maximum atomic E-state index is 6.03. The summed E-state index contributed by atoms with van der Waals surface area (Å²) in [5, 5.41) is 4.66. The molecule has 0 amide bonds. The maximum absolute atomic E-state index is 6.03. The zero-order valence-electron chi connectivity index (χ0n) is 14.6. The highest BCUT2D eigenvalue weighted by Gasteiger charge is 2.26. The summed E-state index contributed by atoms with van der Waals surface area (Å²) in [4.78, 5) is 10.1. The number of nitrogens with zero attached hydrogens (tertiary/aromatic N) is 4. The molecule has 1 atom stereocenters. The maximum Gasteiger partial charge on any atom is 0.253 e. The fourth-order valence-electron chi connectivity index (χ4n) is 3.07. The van der Waals surface area contributed by atoms with Crippen LogP contribution in [-0.4, -0.2) is 32.4 Å². The Labute approximate surface area is 160 Å². The van der Waals surface area contributed by atoms with E-state index in [1.807, 2.05) is 30.3 Å². The zero-order valence-corrected chi connectivity index (χ0v) is 15.4. The highest BCUT2D eigenvalue weighted by atomic mass is 32.2. The van der Waals surface area contributed by atoms with Crippen molar-refractivity contribution in [3.05, 3.63) is 66.6 Å². The Morgan fingerprint density at radius 3 is 2.67 bits per heavy atom. The molecule has 4 aromatic rings. The average Bonchev–Trinajstić information content (AvgIpc) is 3.18. The molecule has 2 aromatic heterocycles. The van der Waals surface area contributed by atoms with Crippen molar-refractivity contribution in [2.24, 2.45) is 0 Å². The monoisotopic (exact) mass is 376 g/mol. The lowest BCUT2D eigenvalue weighted by atomic mass is 10.1. The summed E-state index contributed by atoms with van der Waals surface area (Å²) in [6, 6.07) is 17.9. The Bertz CT molecular complexity index is 1110. The Hall–Kier alpha value is -3.06. The van der Waals surface area contributed by atoms with Gasteiger partial charge in [-0.1, -0.05) is 24.3 Å². The molecule has 0 saturated heterocycles. The van der Waals surface area contributed by atoms with E-state index in [0.29, 0.717) is 24.0 Å². The third kappa shape index (κ3) is 2.90. The minimum absolute atomic E-state index is 0.367. The van der Waals surface area contributed by atoms with Crippen LogP contribution in [0.15, 0.2) is 65.7 Å². The minimum Gasteiger partial charge on any atom is -0.485 e. The fourth-order valence-corrected chi connectivity index (χ4v) is 3.48. The minimum atomic E-state index is -0.367. The van der Waals surface area contributed by atoms with Crippen molar-refractivity contribution < 1.29 is 9.47 Å². The van der Waals surface area contributed by atoms with Crippen LogP contribution in [0.4, 0.5) is 0 Å². The Kier molecular flexibility index (Phi) is 3.94. The molecule has 0 bridgehead atoms. The van der Waals surface area contributed by atoms with Gasteiger partial charge in [-0.3, -0.25) is 0 Å². The number of ether oxygens (including phenoxy) is 2. The molecule has 3 heterocycles. The molecule has 0 spiro atoms. The topological polar surface area (TPSA) is 61.5 Å².